The van der Waals surface area contributed by atoms with Crippen molar-refractivity contribution in [2.45, 2.75) is 15.5 Å². The van der Waals surface area contributed by atoms with E-state index in [1.807, 2.05) is 0 Å². The molecule has 1 fully saturated rings. The Morgan fingerprint density at radius 1 is 1.28 bits per heavy atom. The first-order valence-corrected chi connectivity index (χ1v) is 8.27. The summed E-state index contributed by atoms with van der Waals surface area (Å²) in [7, 11) is -3.05. The smallest absolute Gasteiger partial charge is 0.258 e. The number of hydrogen-bond donors (Lipinski definition) is 0. The zero-order chi connectivity index (χ0) is 13.3. The van der Waals surface area contributed by atoms with Gasteiger partial charge < -0.3 is 0 Å². The van der Waals surface area contributed by atoms with Gasteiger partial charge in [0, 0.05) is 22.3 Å². The number of alkyl halides is 1. The second-order valence-corrected chi connectivity index (χ2v) is 8.03. The minimum absolute atomic E-state index is 0.000790. The molecule has 0 aromatic heterocycles. The zero-order valence-electron chi connectivity index (χ0n) is 9.15. The first-order chi connectivity index (χ1) is 8.37. The maximum Gasteiger partial charge on any atom is 0.269 e. The molecule has 1 aliphatic heterocycles. The highest BCUT2D eigenvalue weighted by Crippen LogP contribution is 2.34. The predicted octanol–water partition coefficient (Wildman–Crippen LogP) is 2.09. The fraction of sp³-hybridized carbons (Fsp3) is 0.400. The fourth-order valence-corrected chi connectivity index (χ4v) is 6.12. The van der Waals surface area contributed by atoms with E-state index >= 15 is 0 Å². The molecule has 0 bridgehead atoms. The molecule has 0 radical (unpaired) electrons. The van der Waals surface area contributed by atoms with Crippen LogP contribution in [0.2, 0.25) is 0 Å². The number of sulfone groups is 1. The van der Waals surface area contributed by atoms with Gasteiger partial charge in [0.2, 0.25) is 0 Å². The van der Waals surface area contributed by atoms with E-state index in [0.29, 0.717) is 0 Å². The second-order valence-electron chi connectivity index (χ2n) is 4.00. The third kappa shape index (κ3) is 3.15. The summed E-state index contributed by atoms with van der Waals surface area (Å²) >= 11 is 7.33. The van der Waals surface area contributed by atoms with E-state index in [9.17, 15) is 18.5 Å². The lowest BCUT2D eigenvalue weighted by molar-refractivity contribution is -0.384. The van der Waals surface area contributed by atoms with Crippen LogP contribution >= 0.6 is 23.4 Å². The average Bonchev–Trinajstić information content (AvgIpc) is 2.52. The Balaban J connectivity index is 2.08. The van der Waals surface area contributed by atoms with Crippen LogP contribution in [0.1, 0.15) is 0 Å². The predicted molar refractivity (Wildman–Crippen MR) is 71.0 cm³/mol. The van der Waals surface area contributed by atoms with Crippen molar-refractivity contribution >= 4 is 38.9 Å². The standard InChI is InChI=1S/C10H10ClNO4S2/c11-9-5-18(15,16)6-10(9)17-8-3-1-7(2-4-8)12(13)14/h1-4,9-10H,5-6H2. The number of nitro groups is 1. The molecule has 2 atom stereocenters. The third-order valence-electron chi connectivity index (χ3n) is 2.57. The summed E-state index contributed by atoms with van der Waals surface area (Å²) in [6.07, 6.45) is 0. The fourth-order valence-electron chi connectivity index (χ4n) is 1.70. The summed E-state index contributed by atoms with van der Waals surface area (Å²) in [5, 5.41) is 9.89. The summed E-state index contributed by atoms with van der Waals surface area (Å²) in [4.78, 5) is 10.8. The van der Waals surface area contributed by atoms with Crippen LogP contribution in [0.15, 0.2) is 29.2 Å². The lowest BCUT2D eigenvalue weighted by Gasteiger charge is -2.10. The molecule has 0 N–H and O–H groups in total. The molecule has 1 aromatic carbocycles. The van der Waals surface area contributed by atoms with Gasteiger partial charge in [0.05, 0.1) is 21.8 Å². The van der Waals surface area contributed by atoms with Gasteiger partial charge in [-0.15, -0.1) is 23.4 Å². The van der Waals surface area contributed by atoms with Crippen LogP contribution in [0, 0.1) is 10.1 Å². The molecule has 0 amide bonds. The number of non-ortho nitro benzene ring substituents is 1. The van der Waals surface area contributed by atoms with E-state index in [4.69, 9.17) is 11.6 Å². The van der Waals surface area contributed by atoms with Crippen molar-refractivity contribution in [1.82, 2.24) is 0 Å². The SMILES string of the molecule is O=[N+]([O-])c1ccc(SC2CS(=O)(=O)CC2Cl)cc1. The minimum Gasteiger partial charge on any atom is -0.258 e. The summed E-state index contributed by atoms with van der Waals surface area (Å²) in [6.45, 7) is 0. The number of rotatable bonds is 3. The quantitative estimate of drug-likeness (QED) is 0.485. The molecule has 98 valence electrons. The number of thioether (sulfide) groups is 1. The van der Waals surface area contributed by atoms with Gasteiger partial charge in [-0.1, -0.05) is 0 Å². The van der Waals surface area contributed by atoms with Crippen LogP contribution in [-0.4, -0.2) is 35.5 Å². The average molecular weight is 308 g/mol. The van der Waals surface area contributed by atoms with Crippen LogP contribution in [0.5, 0.6) is 0 Å². The molecular weight excluding hydrogens is 298 g/mol. The lowest BCUT2D eigenvalue weighted by Crippen LogP contribution is -2.13. The van der Waals surface area contributed by atoms with Crippen molar-refractivity contribution in [1.29, 1.82) is 0 Å². The first-order valence-electron chi connectivity index (χ1n) is 5.13. The normalized spacial score (nSPS) is 26.1. The number of nitro benzene ring substituents is 1. The van der Waals surface area contributed by atoms with Crippen LogP contribution in [-0.2, 0) is 9.84 Å². The van der Waals surface area contributed by atoms with Gasteiger partial charge in [0.15, 0.2) is 9.84 Å². The molecule has 1 saturated heterocycles. The molecule has 1 aliphatic rings. The van der Waals surface area contributed by atoms with E-state index in [1.165, 1.54) is 23.9 Å². The molecule has 2 unspecified atom stereocenters. The number of nitrogens with zero attached hydrogens (tertiary/aromatic N) is 1. The van der Waals surface area contributed by atoms with Gasteiger partial charge >= 0.3 is 0 Å². The summed E-state index contributed by atoms with van der Waals surface area (Å²) in [5.74, 6) is 0.0576. The van der Waals surface area contributed by atoms with E-state index in [1.54, 1.807) is 12.1 Å². The largest absolute Gasteiger partial charge is 0.269 e. The first kappa shape index (κ1) is 13.6. The highest BCUT2D eigenvalue weighted by Gasteiger charge is 2.36. The molecule has 8 heteroatoms. The highest BCUT2D eigenvalue weighted by atomic mass is 35.5. The molecule has 1 aromatic rings. The van der Waals surface area contributed by atoms with Gasteiger partial charge in [0.1, 0.15) is 0 Å². The molecule has 2 rings (SSSR count). The molecule has 1 heterocycles. The Bertz CT molecular complexity index is 558. The van der Waals surface area contributed by atoms with Crippen molar-refractivity contribution in [2.75, 3.05) is 11.5 Å². The molecule has 5 nitrogen and oxygen atoms in total. The number of halogens is 1. The van der Waals surface area contributed by atoms with E-state index in [0.717, 1.165) is 4.90 Å². The Kier molecular flexibility index (Phi) is 3.84. The molecular formula is C10H10ClNO4S2. The van der Waals surface area contributed by atoms with E-state index in [2.05, 4.69) is 0 Å². The molecule has 0 saturated carbocycles. The molecule has 0 aliphatic carbocycles. The minimum atomic E-state index is -3.05. The van der Waals surface area contributed by atoms with Gasteiger partial charge in [-0.2, -0.15) is 0 Å². The summed E-state index contributed by atoms with van der Waals surface area (Å²) in [5.41, 5.74) is 0.0146. The van der Waals surface area contributed by atoms with Crippen LogP contribution < -0.4 is 0 Å². The Morgan fingerprint density at radius 2 is 1.89 bits per heavy atom. The van der Waals surface area contributed by atoms with Crippen molar-refractivity contribution < 1.29 is 13.3 Å². The third-order valence-corrected chi connectivity index (χ3v) is 6.65. The maximum atomic E-state index is 11.4. The topological polar surface area (TPSA) is 77.3 Å². The monoisotopic (exact) mass is 307 g/mol. The highest BCUT2D eigenvalue weighted by molar-refractivity contribution is 8.02. The Labute approximate surface area is 114 Å². The van der Waals surface area contributed by atoms with E-state index in [-0.39, 0.29) is 22.4 Å². The van der Waals surface area contributed by atoms with Crippen LogP contribution in [0.4, 0.5) is 5.69 Å². The van der Waals surface area contributed by atoms with Crippen molar-refractivity contribution in [3.05, 3.63) is 34.4 Å². The summed E-state index contributed by atoms with van der Waals surface area (Å²) < 4.78 is 22.8. The van der Waals surface area contributed by atoms with Crippen LogP contribution in [0.3, 0.4) is 0 Å². The van der Waals surface area contributed by atoms with Crippen molar-refractivity contribution in [3.8, 4) is 0 Å². The van der Waals surface area contributed by atoms with Crippen LogP contribution in [0.25, 0.3) is 0 Å². The van der Waals surface area contributed by atoms with E-state index < -0.39 is 20.1 Å². The second kappa shape index (κ2) is 5.07. The van der Waals surface area contributed by atoms with Crippen molar-refractivity contribution in [3.63, 3.8) is 0 Å². The van der Waals surface area contributed by atoms with Gasteiger partial charge in [-0.05, 0) is 12.1 Å². The van der Waals surface area contributed by atoms with Gasteiger partial charge in [0.25, 0.3) is 5.69 Å². The van der Waals surface area contributed by atoms with Gasteiger partial charge in [-0.3, -0.25) is 10.1 Å². The zero-order valence-corrected chi connectivity index (χ0v) is 11.5. The molecule has 18 heavy (non-hydrogen) atoms. The summed E-state index contributed by atoms with van der Waals surface area (Å²) in [6, 6.07) is 6.01. The molecule has 0 spiro atoms. The Morgan fingerprint density at radius 3 is 2.33 bits per heavy atom. The maximum absolute atomic E-state index is 11.4. The van der Waals surface area contributed by atoms with Gasteiger partial charge in [-0.25, -0.2) is 8.42 Å². The van der Waals surface area contributed by atoms with Crippen molar-refractivity contribution in [2.24, 2.45) is 0 Å². The Hall–Kier alpha value is -0.790. The lowest BCUT2D eigenvalue weighted by atomic mass is 10.3. The number of benzene rings is 1. The number of hydrogen-bond acceptors (Lipinski definition) is 5.